The van der Waals surface area contributed by atoms with E-state index in [0.717, 1.165) is 37.9 Å². The second kappa shape index (κ2) is 8.28. The van der Waals surface area contributed by atoms with Gasteiger partial charge in [-0.05, 0) is 43.5 Å². The maximum atomic E-state index is 12.0. The van der Waals surface area contributed by atoms with Crippen LogP contribution < -0.4 is 5.32 Å². The van der Waals surface area contributed by atoms with E-state index < -0.39 is 0 Å². The third kappa shape index (κ3) is 4.66. The van der Waals surface area contributed by atoms with Gasteiger partial charge in [0, 0.05) is 24.8 Å². The molecule has 0 aromatic heterocycles. The lowest BCUT2D eigenvalue weighted by molar-refractivity contribution is 0.0920. The number of nitriles is 1. The molecule has 1 aliphatic heterocycles. The van der Waals surface area contributed by atoms with Crippen LogP contribution in [0.4, 0.5) is 10.5 Å². The van der Waals surface area contributed by atoms with Crippen molar-refractivity contribution < 1.29 is 9.53 Å². The van der Waals surface area contributed by atoms with Gasteiger partial charge in [-0.3, -0.25) is 0 Å². The molecule has 1 amide bonds. The molecule has 1 atom stereocenters. The zero-order valence-corrected chi connectivity index (χ0v) is 13.0. The second-order valence-corrected chi connectivity index (χ2v) is 5.59. The lowest BCUT2D eigenvalue weighted by atomic mass is 10.1. The van der Waals surface area contributed by atoms with Gasteiger partial charge in [-0.1, -0.05) is 13.3 Å². The molecule has 118 valence electrons. The topological polar surface area (TPSA) is 65.4 Å². The summed E-state index contributed by atoms with van der Waals surface area (Å²) in [6.45, 7) is 3.99. The number of amides is 1. The summed E-state index contributed by atoms with van der Waals surface area (Å²) in [5, 5.41) is 12.2. The molecular weight excluding hydrogens is 278 g/mol. The molecule has 1 aliphatic rings. The van der Waals surface area contributed by atoms with Crippen molar-refractivity contribution in [3.63, 3.8) is 0 Å². The van der Waals surface area contributed by atoms with E-state index in [1.54, 1.807) is 17.0 Å². The standard InChI is InChI=1S/C17H23N3O2/c1-2-3-11-22-17(21)20-10-4-5-16(13-20)19-15-8-6-14(12-18)7-9-15/h6-9,16,19H,2-5,10-11,13H2,1H3/t16-/m1/s1. The highest BCUT2D eigenvalue weighted by atomic mass is 16.6. The van der Waals surface area contributed by atoms with Crippen LogP contribution in [0.3, 0.4) is 0 Å². The number of benzene rings is 1. The van der Waals surface area contributed by atoms with Gasteiger partial charge in [0.05, 0.1) is 18.2 Å². The monoisotopic (exact) mass is 301 g/mol. The molecule has 0 aliphatic carbocycles. The number of anilines is 1. The average Bonchev–Trinajstić information content (AvgIpc) is 2.56. The number of piperidine rings is 1. The van der Waals surface area contributed by atoms with E-state index in [2.05, 4.69) is 18.3 Å². The molecule has 1 aromatic rings. The number of ether oxygens (including phenoxy) is 1. The molecule has 1 saturated heterocycles. The van der Waals surface area contributed by atoms with Gasteiger partial charge >= 0.3 is 6.09 Å². The zero-order chi connectivity index (χ0) is 15.8. The third-order valence-electron chi connectivity index (χ3n) is 3.79. The van der Waals surface area contributed by atoms with E-state index in [9.17, 15) is 4.79 Å². The summed E-state index contributed by atoms with van der Waals surface area (Å²) >= 11 is 0. The minimum atomic E-state index is -0.209. The summed E-state index contributed by atoms with van der Waals surface area (Å²) < 4.78 is 5.27. The predicted octanol–water partition coefficient (Wildman–Crippen LogP) is 3.37. The van der Waals surface area contributed by atoms with Crippen LogP contribution in [0.1, 0.15) is 38.2 Å². The minimum Gasteiger partial charge on any atom is -0.449 e. The Labute approximate surface area is 131 Å². The number of nitrogens with one attached hydrogen (secondary N) is 1. The molecule has 1 aromatic carbocycles. The molecule has 2 rings (SSSR count). The Bertz CT molecular complexity index is 522. The lowest BCUT2D eigenvalue weighted by Crippen LogP contribution is -2.45. The molecule has 5 nitrogen and oxygen atoms in total. The van der Waals surface area contributed by atoms with Gasteiger partial charge in [-0.15, -0.1) is 0 Å². The fourth-order valence-corrected chi connectivity index (χ4v) is 2.53. The van der Waals surface area contributed by atoms with Gasteiger partial charge in [0.25, 0.3) is 0 Å². The van der Waals surface area contributed by atoms with Crippen LogP contribution in [0.15, 0.2) is 24.3 Å². The molecule has 5 heteroatoms. The Balaban J connectivity index is 1.84. The van der Waals surface area contributed by atoms with Crippen molar-refractivity contribution in [3.05, 3.63) is 29.8 Å². The Kier molecular flexibility index (Phi) is 6.08. The van der Waals surface area contributed by atoms with Crippen molar-refractivity contribution >= 4 is 11.8 Å². The average molecular weight is 301 g/mol. The van der Waals surface area contributed by atoms with E-state index in [1.807, 2.05) is 12.1 Å². The first-order valence-electron chi connectivity index (χ1n) is 7.91. The van der Waals surface area contributed by atoms with Crippen LogP contribution in [0.2, 0.25) is 0 Å². The molecule has 0 unspecified atom stereocenters. The molecule has 0 radical (unpaired) electrons. The number of hydrogen-bond donors (Lipinski definition) is 1. The van der Waals surface area contributed by atoms with Crippen molar-refractivity contribution in [1.82, 2.24) is 4.90 Å². The van der Waals surface area contributed by atoms with Crippen LogP contribution in [-0.2, 0) is 4.74 Å². The second-order valence-electron chi connectivity index (χ2n) is 5.59. The number of nitrogens with zero attached hydrogens (tertiary/aromatic N) is 2. The zero-order valence-electron chi connectivity index (χ0n) is 13.0. The smallest absolute Gasteiger partial charge is 0.409 e. The quantitative estimate of drug-likeness (QED) is 0.847. The van der Waals surface area contributed by atoms with Crippen LogP contribution in [-0.4, -0.2) is 36.7 Å². The van der Waals surface area contributed by atoms with Gasteiger partial charge in [0.1, 0.15) is 0 Å². The number of carbonyl (C=O) groups is 1. The summed E-state index contributed by atoms with van der Waals surface area (Å²) in [7, 11) is 0. The first-order chi connectivity index (χ1) is 10.7. The van der Waals surface area contributed by atoms with Gasteiger partial charge in [-0.25, -0.2) is 4.79 Å². The fourth-order valence-electron chi connectivity index (χ4n) is 2.53. The van der Waals surface area contributed by atoms with Crippen molar-refractivity contribution in [2.24, 2.45) is 0 Å². The van der Waals surface area contributed by atoms with Crippen molar-refractivity contribution in [3.8, 4) is 6.07 Å². The Morgan fingerprint density at radius 2 is 2.23 bits per heavy atom. The molecular formula is C17H23N3O2. The normalized spacial score (nSPS) is 17.6. The van der Waals surface area contributed by atoms with E-state index in [1.165, 1.54) is 0 Å². The molecule has 1 fully saturated rings. The maximum Gasteiger partial charge on any atom is 0.409 e. The molecule has 0 bridgehead atoms. The number of carbonyl (C=O) groups excluding carboxylic acids is 1. The Morgan fingerprint density at radius 3 is 2.91 bits per heavy atom. The largest absolute Gasteiger partial charge is 0.449 e. The van der Waals surface area contributed by atoms with E-state index in [4.69, 9.17) is 10.00 Å². The molecule has 0 spiro atoms. The molecule has 1 heterocycles. The van der Waals surface area contributed by atoms with Gasteiger partial charge < -0.3 is 15.0 Å². The molecule has 22 heavy (non-hydrogen) atoms. The summed E-state index contributed by atoms with van der Waals surface area (Å²) in [6.07, 6.45) is 3.72. The van der Waals surface area contributed by atoms with Gasteiger partial charge in [0.15, 0.2) is 0 Å². The van der Waals surface area contributed by atoms with Gasteiger partial charge in [0.2, 0.25) is 0 Å². The minimum absolute atomic E-state index is 0.209. The van der Waals surface area contributed by atoms with E-state index in [-0.39, 0.29) is 12.1 Å². The number of unbranched alkanes of at least 4 members (excludes halogenated alkanes) is 1. The van der Waals surface area contributed by atoms with Crippen molar-refractivity contribution in [2.75, 3.05) is 25.0 Å². The third-order valence-corrected chi connectivity index (χ3v) is 3.79. The molecule has 1 N–H and O–H groups in total. The summed E-state index contributed by atoms with van der Waals surface area (Å²) in [5.41, 5.74) is 1.63. The lowest BCUT2D eigenvalue weighted by Gasteiger charge is -2.33. The highest BCUT2D eigenvalue weighted by Crippen LogP contribution is 2.17. The first kappa shape index (κ1) is 16.2. The van der Waals surface area contributed by atoms with E-state index in [0.29, 0.717) is 18.7 Å². The molecule has 0 saturated carbocycles. The van der Waals surface area contributed by atoms with Crippen LogP contribution in [0.5, 0.6) is 0 Å². The Hall–Kier alpha value is -2.22. The SMILES string of the molecule is CCCCOC(=O)N1CCC[C@@H](Nc2ccc(C#N)cc2)C1. The van der Waals surface area contributed by atoms with Crippen LogP contribution >= 0.6 is 0 Å². The predicted molar refractivity (Wildman–Crippen MR) is 85.6 cm³/mol. The maximum absolute atomic E-state index is 12.0. The van der Waals surface area contributed by atoms with E-state index >= 15 is 0 Å². The Morgan fingerprint density at radius 1 is 1.45 bits per heavy atom. The number of likely N-dealkylation sites (tertiary alicyclic amines) is 1. The first-order valence-corrected chi connectivity index (χ1v) is 7.91. The summed E-state index contributed by atoms with van der Waals surface area (Å²) in [6, 6.07) is 9.72. The number of rotatable bonds is 5. The number of hydrogen-bond acceptors (Lipinski definition) is 4. The van der Waals surface area contributed by atoms with Crippen molar-refractivity contribution in [1.29, 1.82) is 5.26 Å². The fraction of sp³-hybridized carbons (Fsp3) is 0.529. The van der Waals surface area contributed by atoms with Gasteiger partial charge in [-0.2, -0.15) is 5.26 Å². The van der Waals surface area contributed by atoms with Crippen LogP contribution in [0.25, 0.3) is 0 Å². The van der Waals surface area contributed by atoms with Crippen molar-refractivity contribution in [2.45, 2.75) is 38.6 Å². The van der Waals surface area contributed by atoms with Crippen LogP contribution in [0, 0.1) is 11.3 Å². The summed E-state index contributed by atoms with van der Waals surface area (Å²) in [5.74, 6) is 0. The highest BCUT2D eigenvalue weighted by molar-refractivity contribution is 5.68. The highest BCUT2D eigenvalue weighted by Gasteiger charge is 2.24. The summed E-state index contributed by atoms with van der Waals surface area (Å²) in [4.78, 5) is 13.8.